The van der Waals surface area contributed by atoms with Crippen LogP contribution in [-0.2, 0) is 17.6 Å². The molecule has 1 atom stereocenters. The van der Waals surface area contributed by atoms with Gasteiger partial charge in [-0.25, -0.2) is 9.97 Å². The van der Waals surface area contributed by atoms with Gasteiger partial charge in [-0.1, -0.05) is 11.6 Å². The van der Waals surface area contributed by atoms with Gasteiger partial charge < -0.3 is 4.74 Å². The molecule has 1 aliphatic carbocycles. The second-order valence-corrected chi connectivity index (χ2v) is 6.77. The summed E-state index contributed by atoms with van der Waals surface area (Å²) < 4.78 is 5.53. The van der Waals surface area contributed by atoms with Crippen molar-refractivity contribution in [3.05, 3.63) is 21.4 Å². The first-order chi connectivity index (χ1) is 9.33. The summed E-state index contributed by atoms with van der Waals surface area (Å²) >= 11 is 8.22. The number of nitrogens with zero attached hydrogens (tertiary/aromatic N) is 2. The van der Waals surface area contributed by atoms with Crippen molar-refractivity contribution in [2.24, 2.45) is 0 Å². The molecule has 0 radical (unpaired) electrons. The molecule has 2 aromatic rings. The molecule has 1 saturated heterocycles. The highest BCUT2D eigenvalue weighted by atomic mass is 35.5. The smallest absolute Gasteiger partial charge is 0.141 e. The zero-order valence-corrected chi connectivity index (χ0v) is 12.2. The van der Waals surface area contributed by atoms with E-state index in [0.29, 0.717) is 11.1 Å². The number of thiophene rings is 1. The zero-order valence-electron chi connectivity index (χ0n) is 10.6. The highest BCUT2D eigenvalue weighted by Crippen LogP contribution is 2.40. The summed E-state index contributed by atoms with van der Waals surface area (Å²) in [7, 11) is 0. The number of rotatable bonds is 1. The zero-order chi connectivity index (χ0) is 12.8. The van der Waals surface area contributed by atoms with Crippen molar-refractivity contribution in [2.75, 3.05) is 13.2 Å². The number of aryl methyl sites for hydroxylation is 2. The summed E-state index contributed by atoms with van der Waals surface area (Å²) in [6, 6.07) is 0. The molecule has 1 unspecified atom stereocenters. The molecule has 0 amide bonds. The normalized spacial score (nSPS) is 22.9. The van der Waals surface area contributed by atoms with Crippen molar-refractivity contribution in [3.63, 3.8) is 0 Å². The van der Waals surface area contributed by atoms with Gasteiger partial charge in [0, 0.05) is 17.4 Å². The van der Waals surface area contributed by atoms with Gasteiger partial charge >= 0.3 is 0 Å². The Kier molecular flexibility index (Phi) is 2.98. The molecule has 100 valence electrons. The fourth-order valence-corrected chi connectivity index (χ4v) is 4.71. The lowest BCUT2D eigenvalue weighted by Crippen LogP contribution is -2.17. The Labute approximate surface area is 121 Å². The summed E-state index contributed by atoms with van der Waals surface area (Å²) in [6.07, 6.45) is 5.74. The van der Waals surface area contributed by atoms with Gasteiger partial charge in [-0.3, -0.25) is 0 Å². The Morgan fingerprint density at radius 1 is 1.21 bits per heavy atom. The largest absolute Gasteiger partial charge is 0.381 e. The first kappa shape index (κ1) is 12.1. The average Bonchev–Trinajstić information content (AvgIpc) is 2.99. The van der Waals surface area contributed by atoms with Gasteiger partial charge in [0.05, 0.1) is 12.0 Å². The van der Waals surface area contributed by atoms with E-state index in [1.54, 1.807) is 11.3 Å². The van der Waals surface area contributed by atoms with Crippen LogP contribution in [0, 0.1) is 0 Å². The van der Waals surface area contributed by atoms with Crippen molar-refractivity contribution in [1.29, 1.82) is 0 Å². The molecule has 3 nitrogen and oxygen atoms in total. The third-order valence-electron chi connectivity index (χ3n) is 4.06. The highest BCUT2D eigenvalue weighted by Gasteiger charge is 2.24. The summed E-state index contributed by atoms with van der Waals surface area (Å²) in [6.45, 7) is 1.59. The van der Waals surface area contributed by atoms with Gasteiger partial charge in [0.15, 0.2) is 0 Å². The molecule has 19 heavy (non-hydrogen) atoms. The second-order valence-electron chi connectivity index (χ2n) is 5.32. The van der Waals surface area contributed by atoms with E-state index in [1.165, 1.54) is 23.3 Å². The molecular formula is C14H15ClN2OS. The van der Waals surface area contributed by atoms with Gasteiger partial charge in [0.2, 0.25) is 0 Å². The van der Waals surface area contributed by atoms with E-state index < -0.39 is 0 Å². The Bertz CT molecular complexity index is 634. The van der Waals surface area contributed by atoms with E-state index in [0.717, 1.165) is 48.5 Å². The maximum Gasteiger partial charge on any atom is 0.141 e. The van der Waals surface area contributed by atoms with Crippen LogP contribution < -0.4 is 0 Å². The van der Waals surface area contributed by atoms with Crippen LogP contribution >= 0.6 is 22.9 Å². The van der Waals surface area contributed by atoms with E-state index in [-0.39, 0.29) is 0 Å². The Morgan fingerprint density at radius 3 is 3.00 bits per heavy atom. The number of halogens is 1. The second kappa shape index (κ2) is 4.69. The predicted molar refractivity (Wildman–Crippen MR) is 77.2 cm³/mol. The molecule has 0 saturated carbocycles. The van der Waals surface area contributed by atoms with Crippen molar-refractivity contribution in [2.45, 2.75) is 38.0 Å². The molecule has 0 aromatic carbocycles. The summed E-state index contributed by atoms with van der Waals surface area (Å²) in [5.74, 6) is 1.18. The molecule has 4 rings (SSSR count). The van der Waals surface area contributed by atoms with Crippen LogP contribution in [0.2, 0.25) is 5.15 Å². The average molecular weight is 295 g/mol. The molecule has 1 fully saturated rings. The molecule has 5 heteroatoms. The first-order valence-corrected chi connectivity index (χ1v) is 8.08. The minimum Gasteiger partial charge on any atom is -0.381 e. The summed E-state index contributed by atoms with van der Waals surface area (Å²) in [4.78, 5) is 11.9. The standard InChI is InChI=1S/C14H15ClN2OS/c15-12-11-9-4-1-5-10(9)19-14(11)17-13(16-12)8-3-2-6-18-7-8/h8H,1-7H2. The van der Waals surface area contributed by atoms with Gasteiger partial charge in [-0.15, -0.1) is 11.3 Å². The van der Waals surface area contributed by atoms with Gasteiger partial charge in [0.25, 0.3) is 0 Å². The Morgan fingerprint density at radius 2 is 2.16 bits per heavy atom. The lowest BCUT2D eigenvalue weighted by molar-refractivity contribution is 0.0782. The Hall–Kier alpha value is -0.710. The quantitative estimate of drug-likeness (QED) is 0.752. The highest BCUT2D eigenvalue weighted by molar-refractivity contribution is 7.19. The lowest BCUT2D eigenvalue weighted by Gasteiger charge is -2.20. The molecule has 2 aromatic heterocycles. The van der Waals surface area contributed by atoms with Crippen molar-refractivity contribution in [3.8, 4) is 0 Å². The number of ether oxygens (including phenoxy) is 1. The third-order valence-corrected chi connectivity index (χ3v) is 5.52. The number of fused-ring (bicyclic) bond motifs is 3. The Balaban J connectivity index is 1.82. The SMILES string of the molecule is Clc1nc(C2CCCOC2)nc2sc3c(c12)CCC3. The van der Waals surface area contributed by atoms with Crippen molar-refractivity contribution < 1.29 is 4.74 Å². The van der Waals surface area contributed by atoms with Crippen LogP contribution in [0.1, 0.15) is 41.4 Å². The minimum absolute atomic E-state index is 0.313. The maximum atomic E-state index is 6.42. The van der Waals surface area contributed by atoms with Crippen LogP contribution in [0.5, 0.6) is 0 Å². The van der Waals surface area contributed by atoms with E-state index in [2.05, 4.69) is 4.98 Å². The van der Waals surface area contributed by atoms with Gasteiger partial charge in [-0.2, -0.15) is 0 Å². The van der Waals surface area contributed by atoms with E-state index in [9.17, 15) is 0 Å². The molecule has 2 aliphatic rings. The minimum atomic E-state index is 0.313. The molecule has 1 aliphatic heterocycles. The van der Waals surface area contributed by atoms with Crippen LogP contribution in [0.4, 0.5) is 0 Å². The fraction of sp³-hybridized carbons (Fsp3) is 0.571. The predicted octanol–water partition coefficient (Wildman–Crippen LogP) is 3.73. The van der Waals surface area contributed by atoms with E-state index >= 15 is 0 Å². The van der Waals surface area contributed by atoms with Crippen LogP contribution in [0.3, 0.4) is 0 Å². The van der Waals surface area contributed by atoms with Crippen molar-refractivity contribution >= 4 is 33.2 Å². The number of aromatic nitrogens is 2. The summed E-state index contributed by atoms with van der Waals surface area (Å²) in [5.41, 5.74) is 1.40. The molecule has 0 spiro atoms. The maximum absolute atomic E-state index is 6.42. The van der Waals surface area contributed by atoms with Crippen molar-refractivity contribution in [1.82, 2.24) is 9.97 Å². The van der Waals surface area contributed by atoms with E-state index in [1.807, 2.05) is 0 Å². The molecular weight excluding hydrogens is 280 g/mol. The fourth-order valence-electron chi connectivity index (χ4n) is 3.09. The first-order valence-electron chi connectivity index (χ1n) is 6.88. The molecule has 0 N–H and O–H groups in total. The third kappa shape index (κ3) is 1.97. The van der Waals surface area contributed by atoms with Gasteiger partial charge in [-0.05, 0) is 37.7 Å². The van der Waals surface area contributed by atoms with Crippen LogP contribution in [0.15, 0.2) is 0 Å². The lowest BCUT2D eigenvalue weighted by atomic mass is 10.0. The van der Waals surface area contributed by atoms with E-state index in [4.69, 9.17) is 21.3 Å². The molecule has 0 bridgehead atoms. The topological polar surface area (TPSA) is 35.0 Å². The van der Waals surface area contributed by atoms with Crippen LogP contribution in [0.25, 0.3) is 10.2 Å². The van der Waals surface area contributed by atoms with Crippen LogP contribution in [-0.4, -0.2) is 23.2 Å². The summed E-state index contributed by atoms with van der Waals surface area (Å²) in [5, 5.41) is 1.75. The number of hydrogen-bond acceptors (Lipinski definition) is 4. The number of hydrogen-bond donors (Lipinski definition) is 0. The monoisotopic (exact) mass is 294 g/mol. The van der Waals surface area contributed by atoms with Gasteiger partial charge in [0.1, 0.15) is 15.8 Å². The molecule has 3 heterocycles.